The summed E-state index contributed by atoms with van der Waals surface area (Å²) in [5, 5.41) is 4.00. The quantitative estimate of drug-likeness (QED) is 0.688. The molecule has 0 aliphatic carbocycles. The second kappa shape index (κ2) is 4.79. The number of hydrogen-bond acceptors (Lipinski definition) is 0. The lowest BCUT2D eigenvalue weighted by atomic mass is 10.1. The van der Waals surface area contributed by atoms with Gasteiger partial charge in [-0.3, -0.25) is 0 Å². The molecule has 2 aromatic carbocycles. The van der Waals surface area contributed by atoms with Crippen LogP contribution in [0.4, 0.5) is 10.1 Å². The van der Waals surface area contributed by atoms with Gasteiger partial charge in [0.25, 0.3) is 0 Å². The number of nitrogens with zero attached hydrogens (tertiary/aromatic N) is 1. The van der Waals surface area contributed by atoms with Crippen molar-refractivity contribution < 1.29 is 4.39 Å². The topological polar surface area (TPSA) is 14.1 Å². The van der Waals surface area contributed by atoms with Crippen molar-refractivity contribution in [3.8, 4) is 0 Å². The van der Waals surface area contributed by atoms with Crippen molar-refractivity contribution in [3.05, 3.63) is 65.7 Å². The number of halogens is 1. The largest absolute Gasteiger partial charge is 0.244 e. The lowest BCUT2D eigenvalue weighted by Gasteiger charge is -2.09. The number of benzene rings is 2. The van der Waals surface area contributed by atoms with Crippen molar-refractivity contribution in [3.63, 3.8) is 0 Å². The highest BCUT2D eigenvalue weighted by Crippen LogP contribution is 2.21. The second-order valence-electron chi connectivity index (χ2n) is 3.71. The van der Waals surface area contributed by atoms with Crippen molar-refractivity contribution in [1.29, 1.82) is 0 Å². The van der Waals surface area contributed by atoms with Crippen LogP contribution < -0.4 is 5.32 Å². The Kier molecular flexibility index (Phi) is 3.20. The van der Waals surface area contributed by atoms with Crippen molar-refractivity contribution in [2.75, 3.05) is 0 Å². The van der Waals surface area contributed by atoms with E-state index in [2.05, 4.69) is 5.32 Å². The molecule has 0 saturated heterocycles. The number of hydrogen-bond donors (Lipinski definition) is 0. The minimum atomic E-state index is -1.29. The van der Waals surface area contributed by atoms with Crippen LogP contribution >= 0.6 is 0 Å². The highest BCUT2D eigenvalue weighted by Gasteiger charge is 2.10. The summed E-state index contributed by atoms with van der Waals surface area (Å²) in [7, 11) is 0. The third kappa shape index (κ3) is 2.60. The summed E-state index contributed by atoms with van der Waals surface area (Å²) in [4.78, 5) is 0. The first-order valence-electron chi connectivity index (χ1n) is 5.22. The molecule has 0 heterocycles. The third-order valence-corrected chi connectivity index (χ3v) is 2.34. The highest BCUT2D eigenvalue weighted by molar-refractivity contribution is 5.36. The van der Waals surface area contributed by atoms with Gasteiger partial charge in [0.2, 0.25) is 6.30 Å². The Hall–Kier alpha value is -1.83. The second-order valence-corrected chi connectivity index (χ2v) is 3.71. The minimum absolute atomic E-state index is 0.601. The monoisotopic (exact) mass is 214 g/mol. The van der Waals surface area contributed by atoms with Gasteiger partial charge in [0, 0.05) is 5.56 Å². The van der Waals surface area contributed by atoms with E-state index in [4.69, 9.17) is 0 Å². The van der Waals surface area contributed by atoms with Crippen LogP contribution in [-0.2, 0) is 0 Å². The molecule has 1 radical (unpaired) electrons. The van der Waals surface area contributed by atoms with Gasteiger partial charge < -0.3 is 0 Å². The molecule has 1 atom stereocenters. The summed E-state index contributed by atoms with van der Waals surface area (Å²) in [6, 6.07) is 16.5. The molecule has 0 bridgehead atoms. The molecule has 0 aliphatic rings. The average Bonchev–Trinajstić information content (AvgIpc) is 2.30. The molecule has 1 unspecified atom stereocenters. The maximum absolute atomic E-state index is 13.8. The standard InChI is InChI=1S/C14H13FN/c1-11-6-5-7-12(10-11)14(15)16-13-8-3-2-4-9-13/h2-10,14H,1H3. The first-order valence-corrected chi connectivity index (χ1v) is 5.22. The van der Waals surface area contributed by atoms with Crippen molar-refractivity contribution >= 4 is 5.69 Å². The number of aryl methyl sites for hydroxylation is 1. The zero-order valence-electron chi connectivity index (χ0n) is 9.10. The van der Waals surface area contributed by atoms with E-state index in [1.54, 1.807) is 18.2 Å². The summed E-state index contributed by atoms with van der Waals surface area (Å²) in [5.41, 5.74) is 2.31. The Morgan fingerprint density at radius 2 is 1.75 bits per heavy atom. The predicted octanol–water partition coefficient (Wildman–Crippen LogP) is 3.90. The SMILES string of the molecule is Cc1cccc(C(F)[N]c2ccccc2)c1. The fourth-order valence-electron chi connectivity index (χ4n) is 1.54. The van der Waals surface area contributed by atoms with Crippen LogP contribution in [0, 0.1) is 6.92 Å². The van der Waals surface area contributed by atoms with Crippen LogP contribution in [0.1, 0.15) is 17.4 Å². The molecule has 16 heavy (non-hydrogen) atoms. The molecule has 0 amide bonds. The summed E-state index contributed by atoms with van der Waals surface area (Å²) in [6.45, 7) is 1.94. The molecule has 2 rings (SSSR count). The van der Waals surface area contributed by atoms with Crippen LogP contribution in [0.15, 0.2) is 54.6 Å². The molecule has 0 aromatic heterocycles. The molecule has 1 nitrogen and oxygen atoms in total. The molecule has 0 N–H and O–H groups in total. The Balaban J connectivity index is 2.12. The van der Waals surface area contributed by atoms with Crippen molar-refractivity contribution in [2.24, 2.45) is 0 Å². The molecular weight excluding hydrogens is 201 g/mol. The van der Waals surface area contributed by atoms with Gasteiger partial charge in [0.15, 0.2) is 0 Å². The van der Waals surface area contributed by atoms with Gasteiger partial charge in [0.05, 0.1) is 5.69 Å². The summed E-state index contributed by atoms with van der Waals surface area (Å²) >= 11 is 0. The van der Waals surface area contributed by atoms with E-state index in [-0.39, 0.29) is 0 Å². The fourth-order valence-corrected chi connectivity index (χ4v) is 1.54. The highest BCUT2D eigenvalue weighted by atomic mass is 19.1. The lowest BCUT2D eigenvalue weighted by Crippen LogP contribution is -2.03. The molecular formula is C14H13FN. The maximum Gasteiger partial charge on any atom is 0.215 e. The van der Waals surface area contributed by atoms with Gasteiger partial charge in [-0.1, -0.05) is 48.0 Å². The lowest BCUT2D eigenvalue weighted by molar-refractivity contribution is 0.309. The number of rotatable bonds is 3. The zero-order valence-corrected chi connectivity index (χ0v) is 9.10. The molecule has 0 spiro atoms. The van der Waals surface area contributed by atoms with E-state index in [9.17, 15) is 4.39 Å². The van der Waals surface area contributed by atoms with Gasteiger partial charge in [-0.25, -0.2) is 9.71 Å². The normalized spacial score (nSPS) is 12.1. The predicted molar refractivity (Wildman–Crippen MR) is 63.3 cm³/mol. The number of para-hydroxylation sites is 1. The molecule has 81 valence electrons. The first kappa shape index (κ1) is 10.7. The average molecular weight is 214 g/mol. The summed E-state index contributed by atoms with van der Waals surface area (Å²) in [5.74, 6) is 0. The van der Waals surface area contributed by atoms with E-state index >= 15 is 0 Å². The summed E-state index contributed by atoms with van der Waals surface area (Å²) < 4.78 is 13.8. The fraction of sp³-hybridized carbons (Fsp3) is 0.143. The van der Waals surface area contributed by atoms with Gasteiger partial charge >= 0.3 is 0 Å². The van der Waals surface area contributed by atoms with Gasteiger partial charge in [-0.15, -0.1) is 0 Å². The van der Waals surface area contributed by atoms with Gasteiger partial charge in [0.1, 0.15) is 0 Å². The molecule has 0 aliphatic heterocycles. The van der Waals surface area contributed by atoms with E-state index in [0.29, 0.717) is 11.3 Å². The van der Waals surface area contributed by atoms with Crippen LogP contribution in [-0.4, -0.2) is 0 Å². The van der Waals surface area contributed by atoms with Crippen molar-refractivity contribution in [2.45, 2.75) is 13.2 Å². The van der Waals surface area contributed by atoms with Crippen molar-refractivity contribution in [1.82, 2.24) is 5.32 Å². The van der Waals surface area contributed by atoms with E-state index in [1.165, 1.54) is 0 Å². The van der Waals surface area contributed by atoms with Crippen LogP contribution in [0.3, 0.4) is 0 Å². The Morgan fingerprint density at radius 1 is 1.00 bits per heavy atom. The number of alkyl halides is 1. The Bertz CT molecular complexity index is 453. The smallest absolute Gasteiger partial charge is 0.215 e. The zero-order chi connectivity index (χ0) is 11.4. The van der Waals surface area contributed by atoms with E-state index in [0.717, 1.165) is 5.56 Å². The van der Waals surface area contributed by atoms with Gasteiger partial charge in [-0.2, -0.15) is 0 Å². The van der Waals surface area contributed by atoms with Crippen LogP contribution in [0.2, 0.25) is 0 Å². The first-order chi connectivity index (χ1) is 7.75. The van der Waals surface area contributed by atoms with Crippen LogP contribution in [0.25, 0.3) is 0 Å². The molecule has 2 aromatic rings. The third-order valence-electron chi connectivity index (χ3n) is 2.34. The summed E-state index contributed by atoms with van der Waals surface area (Å²) in [6.07, 6.45) is -1.29. The van der Waals surface area contributed by atoms with E-state index < -0.39 is 6.30 Å². The molecule has 0 fully saturated rings. The maximum atomic E-state index is 13.8. The Labute approximate surface area is 94.9 Å². The van der Waals surface area contributed by atoms with E-state index in [1.807, 2.05) is 43.3 Å². The molecule has 2 heteroatoms. The van der Waals surface area contributed by atoms with Gasteiger partial charge in [-0.05, 0) is 19.1 Å². The molecule has 0 saturated carbocycles. The minimum Gasteiger partial charge on any atom is -0.244 e. The van der Waals surface area contributed by atoms with Crippen LogP contribution in [0.5, 0.6) is 0 Å². The Morgan fingerprint density at radius 3 is 2.44 bits per heavy atom.